The first kappa shape index (κ1) is 22.5. The Labute approximate surface area is 165 Å². The van der Waals surface area contributed by atoms with Crippen LogP contribution in [0, 0.1) is 0 Å². The van der Waals surface area contributed by atoms with E-state index in [4.69, 9.17) is 10.5 Å². The van der Waals surface area contributed by atoms with Crippen LogP contribution in [0.25, 0.3) is 0 Å². The van der Waals surface area contributed by atoms with Crippen LogP contribution >= 0.6 is 12.4 Å². The molecule has 27 heavy (non-hydrogen) atoms. The number of halogens is 1. The summed E-state index contributed by atoms with van der Waals surface area (Å²) in [7, 11) is 1.59. The van der Waals surface area contributed by atoms with E-state index in [9.17, 15) is 9.59 Å². The molecule has 0 spiro atoms. The predicted molar refractivity (Wildman–Crippen MR) is 111 cm³/mol. The monoisotopic (exact) mass is 391 g/mol. The number of amides is 2. The smallest absolute Gasteiger partial charge is 0.255 e. The highest BCUT2D eigenvalue weighted by atomic mass is 35.5. The summed E-state index contributed by atoms with van der Waals surface area (Å²) in [5.74, 6) is 0.246. The number of methoxy groups -OCH3 is 1. The fourth-order valence-electron chi connectivity index (χ4n) is 2.49. The summed E-state index contributed by atoms with van der Waals surface area (Å²) in [6.07, 6.45) is 1.42. The first-order chi connectivity index (χ1) is 12.4. The van der Waals surface area contributed by atoms with Crippen LogP contribution in [0.3, 0.4) is 0 Å². The molecular weight excluding hydrogens is 366 g/mol. The Hall–Kier alpha value is -2.57. The Bertz CT molecular complexity index is 759. The van der Waals surface area contributed by atoms with Crippen LogP contribution in [0.4, 0.5) is 11.4 Å². The molecule has 6 nitrogen and oxygen atoms in total. The number of hydrogen-bond donors (Lipinski definition) is 3. The van der Waals surface area contributed by atoms with Crippen LogP contribution in [-0.2, 0) is 4.79 Å². The molecule has 0 aliphatic rings. The molecule has 7 heteroatoms. The Morgan fingerprint density at radius 3 is 2.04 bits per heavy atom. The minimum atomic E-state index is -0.917. The van der Waals surface area contributed by atoms with Gasteiger partial charge in [0.15, 0.2) is 0 Å². The van der Waals surface area contributed by atoms with E-state index in [1.165, 1.54) is 0 Å². The zero-order valence-electron chi connectivity index (χ0n) is 15.7. The van der Waals surface area contributed by atoms with Gasteiger partial charge in [-0.05, 0) is 61.9 Å². The van der Waals surface area contributed by atoms with Gasteiger partial charge in [-0.25, -0.2) is 0 Å². The molecule has 2 rings (SSSR count). The molecule has 0 bridgehead atoms. The molecule has 0 saturated carbocycles. The molecule has 0 aliphatic carbocycles. The average Bonchev–Trinajstić information content (AvgIpc) is 2.63. The summed E-state index contributed by atoms with van der Waals surface area (Å²) in [5, 5.41) is 5.59. The van der Waals surface area contributed by atoms with E-state index in [1.54, 1.807) is 62.6 Å². The number of ether oxygens (including phenoxy) is 1. The molecule has 1 unspecified atom stereocenters. The van der Waals surface area contributed by atoms with Crippen molar-refractivity contribution >= 4 is 35.6 Å². The fraction of sp³-hybridized carbons (Fsp3) is 0.300. The topological polar surface area (TPSA) is 93.5 Å². The summed E-state index contributed by atoms with van der Waals surface area (Å²) < 4.78 is 5.09. The lowest BCUT2D eigenvalue weighted by Crippen LogP contribution is -2.48. The van der Waals surface area contributed by atoms with Gasteiger partial charge in [-0.2, -0.15) is 0 Å². The molecule has 1 atom stereocenters. The van der Waals surface area contributed by atoms with Gasteiger partial charge in [0.2, 0.25) is 5.91 Å². The Balaban J connectivity index is 0.00000364. The van der Waals surface area contributed by atoms with Gasteiger partial charge in [0, 0.05) is 16.9 Å². The number of carbonyl (C=O) groups is 2. The highest BCUT2D eigenvalue weighted by Crippen LogP contribution is 2.18. The Morgan fingerprint density at radius 1 is 1.00 bits per heavy atom. The second-order valence-electron chi connectivity index (χ2n) is 6.38. The third-order valence-electron chi connectivity index (χ3n) is 4.04. The lowest BCUT2D eigenvalue weighted by atomic mass is 9.96. The van der Waals surface area contributed by atoms with E-state index < -0.39 is 5.54 Å². The van der Waals surface area contributed by atoms with Gasteiger partial charge in [0.1, 0.15) is 5.75 Å². The first-order valence-electron chi connectivity index (χ1n) is 8.51. The maximum absolute atomic E-state index is 12.3. The minimum Gasteiger partial charge on any atom is -0.497 e. The van der Waals surface area contributed by atoms with E-state index in [1.807, 2.05) is 6.92 Å². The third-order valence-corrected chi connectivity index (χ3v) is 4.04. The number of anilines is 2. The quantitative estimate of drug-likeness (QED) is 0.668. The predicted octanol–water partition coefficient (Wildman–Crippen LogP) is 3.83. The molecule has 0 aromatic heterocycles. The molecular formula is C20H26ClN3O3. The second-order valence-corrected chi connectivity index (χ2v) is 6.38. The van der Waals surface area contributed by atoms with Crippen molar-refractivity contribution < 1.29 is 14.3 Å². The van der Waals surface area contributed by atoms with E-state index in [-0.39, 0.29) is 24.2 Å². The van der Waals surface area contributed by atoms with Crippen molar-refractivity contribution in [3.63, 3.8) is 0 Å². The molecule has 0 fully saturated rings. The average molecular weight is 392 g/mol. The van der Waals surface area contributed by atoms with Crippen molar-refractivity contribution in [3.05, 3.63) is 54.1 Å². The van der Waals surface area contributed by atoms with E-state index in [2.05, 4.69) is 10.6 Å². The summed E-state index contributed by atoms with van der Waals surface area (Å²) in [5.41, 5.74) is 6.86. The van der Waals surface area contributed by atoms with Crippen LogP contribution in [0.1, 0.15) is 37.0 Å². The van der Waals surface area contributed by atoms with E-state index >= 15 is 0 Å². The molecule has 2 aromatic carbocycles. The van der Waals surface area contributed by atoms with Crippen LogP contribution < -0.4 is 21.1 Å². The minimum absolute atomic E-state index is 0. The van der Waals surface area contributed by atoms with Crippen molar-refractivity contribution in [2.45, 2.75) is 32.2 Å². The molecule has 0 aliphatic heterocycles. The Kier molecular flexibility index (Phi) is 8.28. The highest BCUT2D eigenvalue weighted by Gasteiger charge is 2.27. The first-order valence-corrected chi connectivity index (χ1v) is 8.51. The largest absolute Gasteiger partial charge is 0.497 e. The number of carbonyl (C=O) groups excluding carboxylic acids is 2. The van der Waals surface area contributed by atoms with Gasteiger partial charge in [-0.3, -0.25) is 9.59 Å². The molecule has 0 saturated heterocycles. The number of benzene rings is 2. The van der Waals surface area contributed by atoms with Crippen molar-refractivity contribution in [1.29, 1.82) is 0 Å². The number of hydrogen-bond acceptors (Lipinski definition) is 4. The third kappa shape index (κ3) is 6.27. The van der Waals surface area contributed by atoms with Crippen molar-refractivity contribution in [1.82, 2.24) is 0 Å². The van der Waals surface area contributed by atoms with Crippen molar-refractivity contribution in [2.24, 2.45) is 5.73 Å². The summed E-state index contributed by atoms with van der Waals surface area (Å²) in [4.78, 5) is 24.5. The van der Waals surface area contributed by atoms with Gasteiger partial charge in [-0.15, -0.1) is 12.4 Å². The fourth-order valence-corrected chi connectivity index (χ4v) is 2.49. The number of rotatable bonds is 7. The summed E-state index contributed by atoms with van der Waals surface area (Å²) >= 11 is 0. The standard InChI is InChI=1S/C20H25N3O3.ClH/c1-4-13-20(2,21)19(25)23-16-7-5-14(6-8-16)18(24)22-15-9-11-17(26-3)12-10-15;/h5-12H,4,13,21H2,1-3H3,(H,22,24)(H,23,25);1H. The van der Waals surface area contributed by atoms with Crippen LogP contribution in [0.2, 0.25) is 0 Å². The van der Waals surface area contributed by atoms with Crippen molar-refractivity contribution in [2.75, 3.05) is 17.7 Å². The zero-order valence-corrected chi connectivity index (χ0v) is 16.6. The molecule has 146 valence electrons. The SMILES string of the molecule is CCCC(C)(N)C(=O)Nc1ccc(C(=O)Nc2ccc(OC)cc2)cc1.Cl. The lowest BCUT2D eigenvalue weighted by molar-refractivity contribution is -0.120. The van der Waals surface area contributed by atoms with Crippen LogP contribution in [-0.4, -0.2) is 24.5 Å². The van der Waals surface area contributed by atoms with Gasteiger partial charge in [0.05, 0.1) is 12.6 Å². The molecule has 2 aromatic rings. The van der Waals surface area contributed by atoms with Gasteiger partial charge in [0.25, 0.3) is 5.91 Å². The molecule has 2 amide bonds. The molecule has 0 heterocycles. The Morgan fingerprint density at radius 2 is 1.52 bits per heavy atom. The number of nitrogens with one attached hydrogen (secondary N) is 2. The summed E-state index contributed by atoms with van der Waals surface area (Å²) in [6.45, 7) is 3.69. The van der Waals surface area contributed by atoms with Gasteiger partial charge in [-0.1, -0.05) is 13.3 Å². The van der Waals surface area contributed by atoms with Crippen molar-refractivity contribution in [3.8, 4) is 5.75 Å². The summed E-state index contributed by atoms with van der Waals surface area (Å²) in [6, 6.07) is 13.8. The lowest BCUT2D eigenvalue weighted by Gasteiger charge is -2.22. The van der Waals surface area contributed by atoms with Gasteiger partial charge >= 0.3 is 0 Å². The van der Waals surface area contributed by atoms with Crippen LogP contribution in [0.5, 0.6) is 5.75 Å². The molecule has 4 N–H and O–H groups in total. The highest BCUT2D eigenvalue weighted by molar-refractivity contribution is 6.05. The van der Waals surface area contributed by atoms with Crippen LogP contribution in [0.15, 0.2) is 48.5 Å². The second kappa shape index (κ2) is 9.94. The number of nitrogens with two attached hydrogens (primary N) is 1. The van der Waals surface area contributed by atoms with E-state index in [0.717, 1.165) is 12.2 Å². The normalized spacial score (nSPS) is 12.3. The zero-order chi connectivity index (χ0) is 19.2. The maximum Gasteiger partial charge on any atom is 0.255 e. The maximum atomic E-state index is 12.3. The van der Waals surface area contributed by atoms with E-state index in [0.29, 0.717) is 23.4 Å². The molecule has 0 radical (unpaired) electrons. The van der Waals surface area contributed by atoms with Gasteiger partial charge < -0.3 is 21.1 Å².